The van der Waals surface area contributed by atoms with Crippen LogP contribution < -0.4 is 5.32 Å². The van der Waals surface area contributed by atoms with Gasteiger partial charge in [0.2, 0.25) is 11.8 Å². The number of nitrogens with zero attached hydrogens (tertiary/aromatic N) is 1. The summed E-state index contributed by atoms with van der Waals surface area (Å²) < 4.78 is 0. The fraction of sp³-hybridized carbons (Fsp3) is 0.538. The Bertz CT molecular complexity index is 479. The van der Waals surface area contributed by atoms with E-state index in [4.69, 9.17) is 0 Å². The molecule has 1 fully saturated rings. The summed E-state index contributed by atoms with van der Waals surface area (Å²) in [6.07, 6.45) is 0.955. The number of amides is 2. The lowest BCUT2D eigenvalue weighted by molar-refractivity contribution is -0.148. The molecule has 0 spiro atoms. The smallest absolute Gasteiger partial charge is 0.248 e. The van der Waals surface area contributed by atoms with E-state index in [2.05, 4.69) is 18.3 Å². The highest BCUT2D eigenvalue weighted by Crippen LogP contribution is 2.22. The Morgan fingerprint density at radius 1 is 1.44 bits per heavy atom. The standard InChI is InChI=1S/C13H18N2O2S/c1-4-9-5-6-18-10(9)7-15-8-11(16)14-13(2,3)12(15)17/h5-6H,4,7-8H2,1-3H3,(H,14,16). The number of carbonyl (C=O) groups is 2. The van der Waals surface area contributed by atoms with Crippen molar-refractivity contribution in [2.75, 3.05) is 6.54 Å². The van der Waals surface area contributed by atoms with E-state index in [1.165, 1.54) is 10.4 Å². The summed E-state index contributed by atoms with van der Waals surface area (Å²) in [4.78, 5) is 26.7. The molecule has 18 heavy (non-hydrogen) atoms. The number of carbonyl (C=O) groups excluding carboxylic acids is 2. The van der Waals surface area contributed by atoms with E-state index in [9.17, 15) is 9.59 Å². The predicted octanol–water partition coefficient (Wildman–Crippen LogP) is 1.55. The Hall–Kier alpha value is -1.36. The van der Waals surface area contributed by atoms with Crippen LogP contribution in [0.15, 0.2) is 11.4 Å². The molecule has 1 aliphatic rings. The van der Waals surface area contributed by atoms with Gasteiger partial charge in [0.1, 0.15) is 12.1 Å². The minimum atomic E-state index is -0.793. The van der Waals surface area contributed by atoms with E-state index < -0.39 is 5.54 Å². The Morgan fingerprint density at radius 2 is 2.17 bits per heavy atom. The van der Waals surface area contributed by atoms with Crippen LogP contribution in [0.2, 0.25) is 0 Å². The first kappa shape index (κ1) is 13.1. The number of thiophene rings is 1. The largest absolute Gasteiger partial charge is 0.341 e. The molecule has 0 bridgehead atoms. The fourth-order valence-corrected chi connectivity index (χ4v) is 3.19. The zero-order chi connectivity index (χ0) is 13.3. The third kappa shape index (κ3) is 2.41. The van der Waals surface area contributed by atoms with Gasteiger partial charge in [-0.2, -0.15) is 0 Å². The monoisotopic (exact) mass is 266 g/mol. The molecule has 2 heterocycles. The van der Waals surface area contributed by atoms with Crippen molar-refractivity contribution in [2.45, 2.75) is 39.3 Å². The van der Waals surface area contributed by atoms with E-state index in [1.807, 2.05) is 5.38 Å². The lowest BCUT2D eigenvalue weighted by atomic mass is 10.0. The van der Waals surface area contributed by atoms with Crippen molar-refractivity contribution in [3.05, 3.63) is 21.9 Å². The van der Waals surface area contributed by atoms with Crippen molar-refractivity contribution in [1.29, 1.82) is 0 Å². The molecular formula is C13H18N2O2S. The molecule has 0 unspecified atom stereocenters. The summed E-state index contributed by atoms with van der Waals surface area (Å²) in [6, 6.07) is 2.08. The molecule has 1 N–H and O–H groups in total. The quantitative estimate of drug-likeness (QED) is 0.902. The van der Waals surface area contributed by atoms with E-state index in [0.29, 0.717) is 6.54 Å². The van der Waals surface area contributed by atoms with Gasteiger partial charge in [-0.05, 0) is 37.3 Å². The van der Waals surface area contributed by atoms with Gasteiger partial charge in [0.05, 0.1) is 6.54 Å². The molecule has 0 radical (unpaired) electrons. The van der Waals surface area contributed by atoms with Crippen LogP contribution in [0, 0.1) is 0 Å². The maximum Gasteiger partial charge on any atom is 0.248 e. The molecule has 1 saturated heterocycles. The summed E-state index contributed by atoms with van der Waals surface area (Å²) in [5.74, 6) is -0.105. The van der Waals surface area contributed by atoms with Crippen LogP contribution in [0.1, 0.15) is 31.2 Å². The topological polar surface area (TPSA) is 49.4 Å². The van der Waals surface area contributed by atoms with E-state index >= 15 is 0 Å². The third-order valence-electron chi connectivity index (χ3n) is 3.16. The number of aryl methyl sites for hydroxylation is 1. The van der Waals surface area contributed by atoms with Gasteiger partial charge in [-0.25, -0.2) is 0 Å². The zero-order valence-electron chi connectivity index (χ0n) is 10.9. The molecule has 0 atom stereocenters. The zero-order valence-corrected chi connectivity index (χ0v) is 11.8. The summed E-state index contributed by atoms with van der Waals surface area (Å²) in [6.45, 7) is 6.28. The van der Waals surface area contributed by atoms with Crippen LogP contribution in [-0.2, 0) is 22.6 Å². The SMILES string of the molecule is CCc1ccsc1CN1CC(=O)NC(C)(C)C1=O. The first-order valence-electron chi connectivity index (χ1n) is 6.09. The van der Waals surface area contributed by atoms with Gasteiger partial charge < -0.3 is 10.2 Å². The highest BCUT2D eigenvalue weighted by Gasteiger charge is 2.39. The first-order chi connectivity index (χ1) is 8.44. The molecule has 1 aromatic heterocycles. The molecule has 2 rings (SSSR count). The molecule has 0 saturated carbocycles. The van der Waals surface area contributed by atoms with Gasteiger partial charge in [-0.3, -0.25) is 9.59 Å². The van der Waals surface area contributed by atoms with Crippen LogP contribution in [-0.4, -0.2) is 28.8 Å². The minimum Gasteiger partial charge on any atom is -0.341 e. The average molecular weight is 266 g/mol. The van der Waals surface area contributed by atoms with Gasteiger partial charge in [-0.15, -0.1) is 11.3 Å². The molecule has 4 nitrogen and oxygen atoms in total. The summed E-state index contributed by atoms with van der Waals surface area (Å²) >= 11 is 1.65. The summed E-state index contributed by atoms with van der Waals surface area (Å²) in [5.41, 5.74) is 0.468. The Labute approximate surface area is 111 Å². The number of hydrogen-bond acceptors (Lipinski definition) is 3. The van der Waals surface area contributed by atoms with Crippen LogP contribution in [0.25, 0.3) is 0 Å². The molecule has 2 amide bonds. The Kier molecular flexibility index (Phi) is 3.43. The first-order valence-corrected chi connectivity index (χ1v) is 6.97. The number of piperazine rings is 1. The van der Waals surface area contributed by atoms with Crippen molar-refractivity contribution in [2.24, 2.45) is 0 Å². The van der Waals surface area contributed by atoms with Crippen molar-refractivity contribution in [3.63, 3.8) is 0 Å². The van der Waals surface area contributed by atoms with Gasteiger partial charge in [0, 0.05) is 4.88 Å². The molecule has 98 valence electrons. The van der Waals surface area contributed by atoms with Crippen LogP contribution in [0.5, 0.6) is 0 Å². The molecule has 0 aromatic carbocycles. The Balaban J connectivity index is 2.18. The Morgan fingerprint density at radius 3 is 2.83 bits per heavy atom. The van der Waals surface area contributed by atoms with E-state index in [0.717, 1.165) is 6.42 Å². The highest BCUT2D eigenvalue weighted by atomic mass is 32.1. The van der Waals surface area contributed by atoms with Crippen molar-refractivity contribution >= 4 is 23.2 Å². The minimum absolute atomic E-state index is 0.0162. The van der Waals surface area contributed by atoms with Gasteiger partial charge in [-0.1, -0.05) is 6.92 Å². The van der Waals surface area contributed by atoms with Crippen LogP contribution in [0.3, 0.4) is 0 Å². The van der Waals surface area contributed by atoms with Crippen LogP contribution >= 0.6 is 11.3 Å². The van der Waals surface area contributed by atoms with Crippen molar-refractivity contribution in [3.8, 4) is 0 Å². The second-order valence-electron chi connectivity index (χ2n) is 5.06. The lowest BCUT2D eigenvalue weighted by Gasteiger charge is -2.37. The number of rotatable bonds is 3. The fourth-order valence-electron chi connectivity index (χ4n) is 2.20. The normalized spacial score (nSPS) is 18.9. The summed E-state index contributed by atoms with van der Waals surface area (Å²) in [7, 11) is 0. The molecule has 1 aromatic rings. The molecule has 0 aliphatic carbocycles. The lowest BCUT2D eigenvalue weighted by Crippen LogP contribution is -2.63. The maximum absolute atomic E-state index is 12.2. The maximum atomic E-state index is 12.2. The third-order valence-corrected chi connectivity index (χ3v) is 4.11. The second-order valence-corrected chi connectivity index (χ2v) is 6.06. The van der Waals surface area contributed by atoms with Crippen molar-refractivity contribution < 1.29 is 9.59 Å². The second kappa shape index (κ2) is 4.72. The molecule has 1 aliphatic heterocycles. The number of hydrogen-bond donors (Lipinski definition) is 1. The average Bonchev–Trinajstić information content (AvgIpc) is 2.72. The summed E-state index contributed by atoms with van der Waals surface area (Å²) in [5, 5.41) is 4.75. The van der Waals surface area contributed by atoms with Gasteiger partial charge in [0.15, 0.2) is 0 Å². The van der Waals surface area contributed by atoms with Gasteiger partial charge in [0.25, 0.3) is 0 Å². The molecular weight excluding hydrogens is 248 g/mol. The van der Waals surface area contributed by atoms with Crippen molar-refractivity contribution in [1.82, 2.24) is 10.2 Å². The number of nitrogens with one attached hydrogen (secondary N) is 1. The van der Waals surface area contributed by atoms with Gasteiger partial charge >= 0.3 is 0 Å². The highest BCUT2D eigenvalue weighted by molar-refractivity contribution is 7.10. The van der Waals surface area contributed by atoms with Crippen LogP contribution in [0.4, 0.5) is 0 Å². The van der Waals surface area contributed by atoms with E-state index in [1.54, 1.807) is 30.1 Å². The molecule has 5 heteroatoms. The predicted molar refractivity (Wildman–Crippen MR) is 71.3 cm³/mol. The van der Waals surface area contributed by atoms with E-state index in [-0.39, 0.29) is 18.4 Å².